The Kier molecular flexibility index (Phi) is 7.32. The maximum Gasteiger partial charge on any atom is 0.0467 e. The molecule has 0 unspecified atom stereocenters. The second-order valence-corrected chi connectivity index (χ2v) is 17.0. The molecule has 0 bridgehead atoms. The van der Waals surface area contributed by atoms with Crippen LogP contribution in [0.4, 0.5) is 11.4 Å². The van der Waals surface area contributed by atoms with Crippen molar-refractivity contribution in [2.24, 2.45) is 0 Å². The molecule has 57 heavy (non-hydrogen) atoms. The second-order valence-electron chi connectivity index (χ2n) is 17.0. The first-order valence-corrected chi connectivity index (χ1v) is 20.2. The molecule has 0 spiro atoms. The minimum Gasteiger partial charge on any atom is -0.355 e. The highest BCUT2D eigenvalue weighted by Crippen LogP contribution is 2.56. The van der Waals surface area contributed by atoms with Crippen molar-refractivity contribution in [3.05, 3.63) is 204 Å². The highest BCUT2D eigenvalue weighted by molar-refractivity contribution is 6.14. The standard InChI is InChI=1S/C56H43N/c1-55(2)49-21-13-12-20-44(49)45-28-26-37(33-50(45)55)35-22-24-36(25-23-35)53-52(57-40-15-6-5-7-16-40)31-30-47-46-29-27-39(34-51(46)56(3,4)54(47)53)48-32-38-14-8-9-17-41(38)42-18-10-11-19-43(42)48/h5-34,57H,1-4H3. The molecule has 0 saturated carbocycles. The smallest absolute Gasteiger partial charge is 0.0467 e. The van der Waals surface area contributed by atoms with E-state index < -0.39 is 0 Å². The Morgan fingerprint density at radius 3 is 1.72 bits per heavy atom. The predicted octanol–water partition coefficient (Wildman–Crippen LogP) is 15.4. The molecule has 2 aliphatic rings. The van der Waals surface area contributed by atoms with E-state index in [4.69, 9.17) is 0 Å². The Morgan fingerprint density at radius 1 is 0.351 bits per heavy atom. The first-order valence-electron chi connectivity index (χ1n) is 20.2. The van der Waals surface area contributed by atoms with Gasteiger partial charge < -0.3 is 5.32 Å². The van der Waals surface area contributed by atoms with Gasteiger partial charge in [0, 0.05) is 27.8 Å². The van der Waals surface area contributed by atoms with Crippen LogP contribution in [0.25, 0.3) is 77.2 Å². The summed E-state index contributed by atoms with van der Waals surface area (Å²) in [6.07, 6.45) is 0. The topological polar surface area (TPSA) is 12.0 Å². The second kappa shape index (κ2) is 12.4. The van der Waals surface area contributed by atoms with Crippen molar-refractivity contribution >= 4 is 32.9 Å². The molecular formula is C56H43N. The summed E-state index contributed by atoms with van der Waals surface area (Å²) in [6.45, 7) is 9.53. The molecular weight excluding hydrogens is 687 g/mol. The molecule has 0 aromatic heterocycles. The molecule has 0 saturated heterocycles. The predicted molar refractivity (Wildman–Crippen MR) is 243 cm³/mol. The molecule has 2 aliphatic carbocycles. The van der Waals surface area contributed by atoms with Crippen LogP contribution in [0, 0.1) is 0 Å². The van der Waals surface area contributed by atoms with Crippen molar-refractivity contribution in [3.8, 4) is 55.6 Å². The van der Waals surface area contributed by atoms with Gasteiger partial charge in [-0.25, -0.2) is 0 Å². The SMILES string of the molecule is CC1(C)c2ccccc2-c2ccc(-c3ccc(-c4c(Nc5ccccc5)ccc5c4C(C)(C)c4cc(-c6cc7ccccc7c7ccccc67)ccc4-5)cc3)cc21. The first kappa shape index (κ1) is 33.6. The van der Waals surface area contributed by atoms with Gasteiger partial charge in [0.25, 0.3) is 0 Å². The van der Waals surface area contributed by atoms with E-state index in [2.05, 4.69) is 215 Å². The van der Waals surface area contributed by atoms with E-state index in [1.807, 2.05) is 0 Å². The van der Waals surface area contributed by atoms with E-state index in [0.717, 1.165) is 11.4 Å². The van der Waals surface area contributed by atoms with Gasteiger partial charge in [-0.1, -0.05) is 173 Å². The molecule has 11 rings (SSSR count). The van der Waals surface area contributed by atoms with Crippen molar-refractivity contribution in [2.45, 2.75) is 38.5 Å². The summed E-state index contributed by atoms with van der Waals surface area (Å²) in [7, 11) is 0. The number of para-hydroxylation sites is 1. The third-order valence-electron chi connectivity index (χ3n) is 13.0. The molecule has 0 aliphatic heterocycles. The zero-order valence-corrected chi connectivity index (χ0v) is 32.8. The number of nitrogens with one attached hydrogen (secondary N) is 1. The van der Waals surface area contributed by atoms with Crippen LogP contribution < -0.4 is 5.32 Å². The molecule has 0 fully saturated rings. The molecule has 0 atom stereocenters. The van der Waals surface area contributed by atoms with E-state index >= 15 is 0 Å². The van der Waals surface area contributed by atoms with Gasteiger partial charge in [0.15, 0.2) is 0 Å². The largest absolute Gasteiger partial charge is 0.355 e. The van der Waals surface area contributed by atoms with Crippen molar-refractivity contribution in [3.63, 3.8) is 0 Å². The first-order chi connectivity index (χ1) is 27.8. The van der Waals surface area contributed by atoms with Crippen LogP contribution in [-0.2, 0) is 10.8 Å². The summed E-state index contributed by atoms with van der Waals surface area (Å²) < 4.78 is 0. The van der Waals surface area contributed by atoms with Crippen LogP contribution in [0.2, 0.25) is 0 Å². The minimum atomic E-state index is -0.254. The number of fused-ring (bicyclic) bond motifs is 9. The number of anilines is 2. The summed E-state index contributed by atoms with van der Waals surface area (Å²) in [5.41, 5.74) is 20.3. The number of benzene rings is 9. The van der Waals surface area contributed by atoms with Gasteiger partial charge in [0.2, 0.25) is 0 Å². The van der Waals surface area contributed by atoms with Crippen LogP contribution in [0.15, 0.2) is 182 Å². The molecule has 0 amide bonds. The van der Waals surface area contributed by atoms with Crippen LogP contribution in [0.3, 0.4) is 0 Å². The fraction of sp³-hybridized carbons (Fsp3) is 0.107. The van der Waals surface area contributed by atoms with E-state index in [1.165, 1.54) is 99.4 Å². The molecule has 0 heterocycles. The van der Waals surface area contributed by atoms with Crippen LogP contribution in [-0.4, -0.2) is 0 Å². The molecule has 1 nitrogen and oxygen atoms in total. The summed E-state index contributed by atoms with van der Waals surface area (Å²) in [5, 5.41) is 8.98. The van der Waals surface area contributed by atoms with Gasteiger partial charge in [0.05, 0.1) is 0 Å². The maximum atomic E-state index is 3.83. The lowest BCUT2D eigenvalue weighted by Gasteiger charge is -2.27. The fourth-order valence-corrected chi connectivity index (χ4v) is 10.2. The van der Waals surface area contributed by atoms with Crippen LogP contribution in [0.1, 0.15) is 49.9 Å². The molecule has 1 heteroatoms. The summed E-state index contributed by atoms with van der Waals surface area (Å²) >= 11 is 0. The van der Waals surface area contributed by atoms with Crippen molar-refractivity contribution in [2.75, 3.05) is 5.32 Å². The third-order valence-corrected chi connectivity index (χ3v) is 13.0. The van der Waals surface area contributed by atoms with E-state index in [-0.39, 0.29) is 10.8 Å². The minimum absolute atomic E-state index is 0.0354. The maximum absolute atomic E-state index is 3.83. The van der Waals surface area contributed by atoms with E-state index in [0.29, 0.717) is 0 Å². The zero-order valence-electron chi connectivity index (χ0n) is 32.8. The van der Waals surface area contributed by atoms with E-state index in [9.17, 15) is 0 Å². The summed E-state index contributed by atoms with van der Waals surface area (Å²) in [6, 6.07) is 67.6. The lowest BCUT2D eigenvalue weighted by Crippen LogP contribution is -2.17. The van der Waals surface area contributed by atoms with Crippen molar-refractivity contribution in [1.29, 1.82) is 0 Å². The van der Waals surface area contributed by atoms with Gasteiger partial charge >= 0.3 is 0 Å². The van der Waals surface area contributed by atoms with Crippen LogP contribution in [0.5, 0.6) is 0 Å². The highest BCUT2D eigenvalue weighted by Gasteiger charge is 2.39. The Bertz CT molecular complexity index is 3070. The lowest BCUT2D eigenvalue weighted by molar-refractivity contribution is 0.660. The number of rotatable bonds is 5. The lowest BCUT2D eigenvalue weighted by atomic mass is 9.77. The Balaban J connectivity index is 1.04. The summed E-state index contributed by atoms with van der Waals surface area (Å²) in [4.78, 5) is 0. The average molecular weight is 730 g/mol. The van der Waals surface area contributed by atoms with Crippen molar-refractivity contribution in [1.82, 2.24) is 0 Å². The van der Waals surface area contributed by atoms with Crippen molar-refractivity contribution < 1.29 is 0 Å². The normalized spacial score (nSPS) is 14.2. The molecule has 1 N–H and O–H groups in total. The molecule has 0 radical (unpaired) electrons. The van der Waals surface area contributed by atoms with Gasteiger partial charge in [-0.15, -0.1) is 0 Å². The third kappa shape index (κ3) is 5.08. The molecule has 9 aromatic carbocycles. The van der Waals surface area contributed by atoms with Gasteiger partial charge in [-0.2, -0.15) is 0 Å². The van der Waals surface area contributed by atoms with E-state index in [1.54, 1.807) is 0 Å². The monoisotopic (exact) mass is 729 g/mol. The quantitative estimate of drug-likeness (QED) is 0.174. The van der Waals surface area contributed by atoms with Gasteiger partial charge in [-0.05, 0) is 130 Å². The summed E-state index contributed by atoms with van der Waals surface area (Å²) in [5.74, 6) is 0. The average Bonchev–Trinajstić information content (AvgIpc) is 3.62. The number of hydrogen-bond donors (Lipinski definition) is 1. The number of hydrogen-bond acceptors (Lipinski definition) is 1. The molecule has 9 aromatic rings. The van der Waals surface area contributed by atoms with Crippen LogP contribution >= 0.6 is 0 Å². The zero-order chi connectivity index (χ0) is 38.5. The highest BCUT2D eigenvalue weighted by atomic mass is 14.9. The Hall–Kier alpha value is -6.70. The van der Waals surface area contributed by atoms with Gasteiger partial charge in [0.1, 0.15) is 0 Å². The van der Waals surface area contributed by atoms with Gasteiger partial charge in [-0.3, -0.25) is 0 Å². The molecule has 272 valence electrons. The fourth-order valence-electron chi connectivity index (χ4n) is 10.2. The Labute approximate surface area is 335 Å². The Morgan fingerprint density at radius 2 is 0.912 bits per heavy atom.